The van der Waals surface area contributed by atoms with E-state index < -0.39 is 0 Å². The maximum atomic E-state index is 5.56. The summed E-state index contributed by atoms with van der Waals surface area (Å²) in [4.78, 5) is 14.3. The van der Waals surface area contributed by atoms with Gasteiger partial charge in [-0.25, -0.2) is 15.0 Å². The molecule has 0 atom stereocenters. The minimum atomic E-state index is 0.612. The van der Waals surface area contributed by atoms with Gasteiger partial charge in [-0.05, 0) is 43.3 Å². The van der Waals surface area contributed by atoms with Crippen LogP contribution in [0.2, 0.25) is 0 Å². The third kappa shape index (κ3) is 3.47. The summed E-state index contributed by atoms with van der Waals surface area (Å²) in [6.45, 7) is 2.65. The number of hydrogen-bond donors (Lipinski definition) is 2. The monoisotopic (exact) mass is 311 g/mol. The first kappa shape index (κ1) is 14.6. The van der Waals surface area contributed by atoms with Crippen molar-refractivity contribution in [3.8, 4) is 10.6 Å². The highest BCUT2D eigenvalue weighted by Gasteiger charge is 2.06. The van der Waals surface area contributed by atoms with Gasteiger partial charge < -0.3 is 11.1 Å². The first-order valence-corrected chi connectivity index (χ1v) is 7.88. The Balaban J connectivity index is 1.82. The number of nitrogens with zero attached hydrogens (tertiary/aromatic N) is 3. The van der Waals surface area contributed by atoms with E-state index in [0.717, 1.165) is 39.2 Å². The second kappa shape index (κ2) is 6.64. The highest BCUT2D eigenvalue weighted by molar-refractivity contribution is 7.15. The van der Waals surface area contributed by atoms with Crippen LogP contribution in [0.15, 0.2) is 42.7 Å². The van der Waals surface area contributed by atoms with Crippen molar-refractivity contribution in [1.29, 1.82) is 0 Å². The van der Waals surface area contributed by atoms with E-state index in [2.05, 4.69) is 20.3 Å². The van der Waals surface area contributed by atoms with Gasteiger partial charge >= 0.3 is 0 Å². The van der Waals surface area contributed by atoms with E-state index in [1.807, 2.05) is 43.5 Å². The van der Waals surface area contributed by atoms with Crippen molar-refractivity contribution >= 4 is 23.0 Å². The molecule has 0 aromatic carbocycles. The molecule has 0 saturated heterocycles. The summed E-state index contributed by atoms with van der Waals surface area (Å²) in [6.07, 6.45) is 4.44. The third-order valence-electron chi connectivity index (χ3n) is 3.08. The highest BCUT2D eigenvalue weighted by Crippen LogP contribution is 2.26. The van der Waals surface area contributed by atoms with Crippen LogP contribution < -0.4 is 11.1 Å². The predicted molar refractivity (Wildman–Crippen MR) is 90.4 cm³/mol. The number of pyridine rings is 2. The zero-order valence-corrected chi connectivity index (χ0v) is 13.1. The summed E-state index contributed by atoms with van der Waals surface area (Å²) in [5, 5.41) is 4.27. The molecule has 0 aliphatic rings. The topological polar surface area (TPSA) is 76.7 Å². The van der Waals surface area contributed by atoms with Crippen LogP contribution in [0.4, 0.5) is 11.6 Å². The van der Waals surface area contributed by atoms with E-state index in [0.29, 0.717) is 6.54 Å². The minimum Gasteiger partial charge on any atom is -0.330 e. The molecule has 3 rings (SSSR count). The number of anilines is 2. The Morgan fingerprint density at radius 2 is 2.09 bits per heavy atom. The molecule has 0 aliphatic heterocycles. The molecule has 0 spiro atoms. The Morgan fingerprint density at radius 1 is 1.18 bits per heavy atom. The molecule has 3 N–H and O–H groups in total. The number of aryl methyl sites for hydroxylation is 1. The van der Waals surface area contributed by atoms with E-state index in [-0.39, 0.29) is 0 Å². The molecule has 0 unspecified atom stereocenters. The summed E-state index contributed by atoms with van der Waals surface area (Å²) < 4.78 is 0. The Labute approximate surface area is 133 Å². The van der Waals surface area contributed by atoms with Gasteiger partial charge in [-0.15, -0.1) is 11.3 Å². The van der Waals surface area contributed by atoms with Crippen molar-refractivity contribution in [3.63, 3.8) is 0 Å². The Bertz CT molecular complexity index is 768. The van der Waals surface area contributed by atoms with Crippen LogP contribution in [0.25, 0.3) is 10.6 Å². The fraction of sp³-hybridized carbons (Fsp3) is 0.188. The molecule has 112 valence electrons. The summed E-state index contributed by atoms with van der Waals surface area (Å²) >= 11 is 1.63. The van der Waals surface area contributed by atoms with Gasteiger partial charge in [0.05, 0.1) is 15.6 Å². The van der Waals surface area contributed by atoms with Gasteiger partial charge in [-0.1, -0.05) is 6.07 Å². The van der Waals surface area contributed by atoms with Crippen LogP contribution in [0.1, 0.15) is 10.6 Å². The second-order valence-electron chi connectivity index (χ2n) is 4.91. The number of thiazole rings is 1. The summed E-state index contributed by atoms with van der Waals surface area (Å²) in [7, 11) is 0. The van der Waals surface area contributed by atoms with Gasteiger partial charge in [-0.2, -0.15) is 0 Å². The third-order valence-corrected chi connectivity index (χ3v) is 4.16. The van der Waals surface area contributed by atoms with E-state index in [9.17, 15) is 0 Å². The normalized spacial score (nSPS) is 10.6. The van der Waals surface area contributed by atoms with Crippen LogP contribution in [-0.2, 0) is 6.42 Å². The lowest BCUT2D eigenvalue weighted by atomic mass is 10.3. The smallest absolute Gasteiger partial charge is 0.132 e. The van der Waals surface area contributed by atoms with E-state index in [1.54, 1.807) is 17.5 Å². The second-order valence-corrected chi connectivity index (χ2v) is 6.02. The number of hydrogen-bond acceptors (Lipinski definition) is 6. The number of nitrogens with two attached hydrogens (primary N) is 1. The van der Waals surface area contributed by atoms with Crippen molar-refractivity contribution in [2.75, 3.05) is 11.9 Å². The predicted octanol–water partition coefficient (Wildman–Crippen LogP) is 3.15. The number of nitrogens with one attached hydrogen (secondary N) is 1. The number of aromatic nitrogens is 3. The van der Waals surface area contributed by atoms with Crippen LogP contribution in [0, 0.1) is 6.92 Å². The summed E-state index contributed by atoms with van der Waals surface area (Å²) in [5.41, 5.74) is 7.62. The molecule has 3 heterocycles. The van der Waals surface area contributed by atoms with Gasteiger partial charge in [0.15, 0.2) is 0 Å². The molecule has 0 bridgehead atoms. The number of rotatable bonds is 5. The lowest BCUT2D eigenvalue weighted by Crippen LogP contribution is -2.01. The lowest BCUT2D eigenvalue weighted by molar-refractivity contribution is 0.953. The molecule has 22 heavy (non-hydrogen) atoms. The molecule has 3 aromatic rings. The lowest BCUT2D eigenvalue weighted by Gasteiger charge is -2.06. The first-order chi connectivity index (χ1) is 10.7. The molecule has 0 fully saturated rings. The highest BCUT2D eigenvalue weighted by atomic mass is 32.1. The van der Waals surface area contributed by atoms with E-state index in [1.165, 1.54) is 0 Å². The van der Waals surface area contributed by atoms with Crippen LogP contribution in [-0.4, -0.2) is 21.5 Å². The largest absolute Gasteiger partial charge is 0.330 e. The quantitative estimate of drug-likeness (QED) is 0.757. The molecule has 0 amide bonds. The standard InChI is InChI=1S/C16H17N5S/c1-11-6-8-18-15(9-11)21-14-4-2-3-12(20-14)13-10-19-16(22-13)5-7-17/h2-4,6,8-10H,5,7,17H2,1H3,(H,18,20,21). The molecule has 5 nitrogen and oxygen atoms in total. The average Bonchev–Trinajstić information content (AvgIpc) is 2.97. The van der Waals surface area contributed by atoms with Gasteiger partial charge in [0.2, 0.25) is 0 Å². The van der Waals surface area contributed by atoms with Crippen molar-refractivity contribution < 1.29 is 0 Å². The van der Waals surface area contributed by atoms with Crippen LogP contribution >= 0.6 is 11.3 Å². The van der Waals surface area contributed by atoms with Crippen molar-refractivity contribution in [2.24, 2.45) is 5.73 Å². The van der Waals surface area contributed by atoms with E-state index >= 15 is 0 Å². The summed E-state index contributed by atoms with van der Waals surface area (Å²) in [5.74, 6) is 1.56. The molecular weight excluding hydrogens is 294 g/mol. The molecule has 3 aromatic heterocycles. The van der Waals surface area contributed by atoms with Crippen molar-refractivity contribution in [1.82, 2.24) is 15.0 Å². The van der Waals surface area contributed by atoms with Crippen molar-refractivity contribution in [3.05, 3.63) is 53.3 Å². The molecular formula is C16H17N5S. The molecule has 0 radical (unpaired) electrons. The zero-order chi connectivity index (χ0) is 15.4. The Kier molecular flexibility index (Phi) is 4.41. The van der Waals surface area contributed by atoms with Crippen molar-refractivity contribution in [2.45, 2.75) is 13.3 Å². The van der Waals surface area contributed by atoms with Gasteiger partial charge in [0, 0.05) is 18.8 Å². The van der Waals surface area contributed by atoms with E-state index in [4.69, 9.17) is 5.73 Å². The molecule has 6 heteroatoms. The maximum Gasteiger partial charge on any atom is 0.132 e. The van der Waals surface area contributed by atoms with Gasteiger partial charge in [0.25, 0.3) is 0 Å². The molecule has 0 saturated carbocycles. The zero-order valence-electron chi connectivity index (χ0n) is 12.3. The van der Waals surface area contributed by atoms with Gasteiger partial charge in [0.1, 0.15) is 11.6 Å². The Morgan fingerprint density at radius 3 is 2.91 bits per heavy atom. The van der Waals surface area contributed by atoms with Gasteiger partial charge in [-0.3, -0.25) is 0 Å². The van der Waals surface area contributed by atoms with Crippen LogP contribution in [0.3, 0.4) is 0 Å². The maximum absolute atomic E-state index is 5.56. The first-order valence-electron chi connectivity index (χ1n) is 7.06. The Hall–Kier alpha value is -2.31. The SMILES string of the molecule is Cc1ccnc(Nc2cccc(-c3cnc(CCN)s3)n2)c1. The average molecular weight is 311 g/mol. The fourth-order valence-electron chi connectivity index (χ4n) is 2.05. The minimum absolute atomic E-state index is 0.612. The summed E-state index contributed by atoms with van der Waals surface area (Å²) in [6, 6.07) is 9.83. The molecule has 0 aliphatic carbocycles. The fourth-order valence-corrected chi connectivity index (χ4v) is 2.95. The van der Waals surface area contributed by atoms with Crippen LogP contribution in [0.5, 0.6) is 0 Å².